The fourth-order valence-electron chi connectivity index (χ4n) is 2.16. The molecule has 2 rings (SSSR count). The Morgan fingerprint density at radius 1 is 0.625 bits per heavy atom. The van der Waals surface area contributed by atoms with Gasteiger partial charge in [-0.2, -0.15) is 0 Å². The molecule has 0 bridgehead atoms. The van der Waals surface area contributed by atoms with Crippen molar-refractivity contribution in [2.24, 2.45) is 0 Å². The third-order valence-corrected chi connectivity index (χ3v) is 7.66. The van der Waals surface area contributed by atoms with E-state index in [2.05, 4.69) is 0 Å². The summed E-state index contributed by atoms with van der Waals surface area (Å²) in [6, 6.07) is 18.6. The molecule has 2 aromatic rings. The fourth-order valence-corrected chi connectivity index (χ4v) is 4.67. The topological polar surface area (TPSA) is 34.1 Å². The Kier molecular flexibility index (Phi) is 5.94. The number of rotatable bonds is 7. The summed E-state index contributed by atoms with van der Waals surface area (Å²) in [5.74, 6) is 0.145. The van der Waals surface area contributed by atoms with Gasteiger partial charge in [-0.15, -0.1) is 0 Å². The van der Waals surface area contributed by atoms with Gasteiger partial charge in [-0.05, 0) is 27.7 Å². The van der Waals surface area contributed by atoms with Crippen LogP contribution in [0, 0.1) is 0 Å². The molecule has 0 heterocycles. The zero-order chi connectivity index (χ0) is 17.8. The lowest BCUT2D eigenvalue weighted by Gasteiger charge is -2.28. The van der Waals surface area contributed by atoms with Crippen LogP contribution >= 0.6 is 21.6 Å². The van der Waals surface area contributed by atoms with Crippen molar-refractivity contribution >= 4 is 33.2 Å². The standard InChI is InChI=1S/C20H22O2S2/c1-19(2,17(21)15-11-7-5-8-12-15)23-24-20(3,4)18(22)16-13-9-6-10-14-16/h5-14H,1-4H3. The molecule has 0 saturated carbocycles. The number of hydrogen-bond donors (Lipinski definition) is 0. The van der Waals surface area contributed by atoms with E-state index >= 15 is 0 Å². The molecule has 0 aliphatic heterocycles. The van der Waals surface area contributed by atoms with Crippen LogP contribution in [0.3, 0.4) is 0 Å². The Morgan fingerprint density at radius 3 is 1.21 bits per heavy atom. The first kappa shape index (κ1) is 18.8. The van der Waals surface area contributed by atoms with E-state index in [1.807, 2.05) is 88.4 Å². The zero-order valence-electron chi connectivity index (χ0n) is 14.4. The Hall–Kier alpha value is -1.52. The molecule has 0 spiro atoms. The highest BCUT2D eigenvalue weighted by Gasteiger charge is 2.36. The molecule has 126 valence electrons. The van der Waals surface area contributed by atoms with Gasteiger partial charge >= 0.3 is 0 Å². The van der Waals surface area contributed by atoms with Gasteiger partial charge in [0, 0.05) is 11.1 Å². The van der Waals surface area contributed by atoms with Gasteiger partial charge < -0.3 is 0 Å². The third-order valence-electron chi connectivity index (χ3n) is 3.62. The third kappa shape index (κ3) is 4.52. The molecular weight excluding hydrogens is 336 g/mol. The first-order chi connectivity index (χ1) is 11.2. The maximum absolute atomic E-state index is 12.7. The van der Waals surface area contributed by atoms with Crippen LogP contribution in [0.4, 0.5) is 0 Å². The lowest BCUT2D eigenvalue weighted by atomic mass is 10.0. The Bertz CT molecular complexity index is 643. The van der Waals surface area contributed by atoms with Gasteiger partial charge in [-0.25, -0.2) is 0 Å². The van der Waals surface area contributed by atoms with Crippen molar-refractivity contribution < 1.29 is 9.59 Å². The van der Waals surface area contributed by atoms with Crippen LogP contribution in [0.2, 0.25) is 0 Å². The van der Waals surface area contributed by atoms with Crippen molar-refractivity contribution in [1.82, 2.24) is 0 Å². The van der Waals surface area contributed by atoms with Gasteiger partial charge in [0.2, 0.25) is 0 Å². The number of ketones is 2. The molecule has 0 aromatic heterocycles. The molecule has 0 saturated heterocycles. The monoisotopic (exact) mass is 358 g/mol. The molecule has 2 nitrogen and oxygen atoms in total. The van der Waals surface area contributed by atoms with E-state index in [1.54, 1.807) is 0 Å². The number of hydrogen-bond acceptors (Lipinski definition) is 4. The number of carbonyl (C=O) groups is 2. The Morgan fingerprint density at radius 2 is 0.917 bits per heavy atom. The zero-order valence-corrected chi connectivity index (χ0v) is 16.0. The average Bonchev–Trinajstić information content (AvgIpc) is 2.60. The second kappa shape index (κ2) is 7.58. The molecule has 2 aromatic carbocycles. The van der Waals surface area contributed by atoms with Crippen LogP contribution in [0.1, 0.15) is 48.4 Å². The highest BCUT2D eigenvalue weighted by Crippen LogP contribution is 2.46. The van der Waals surface area contributed by atoms with E-state index in [1.165, 1.54) is 21.6 Å². The summed E-state index contributed by atoms with van der Waals surface area (Å²) in [7, 11) is 2.92. The van der Waals surface area contributed by atoms with Gasteiger partial charge in [0.05, 0.1) is 9.49 Å². The first-order valence-corrected chi connectivity index (χ1v) is 9.95. The fraction of sp³-hybridized carbons (Fsp3) is 0.300. The summed E-state index contributed by atoms with van der Waals surface area (Å²) < 4.78 is -1.22. The maximum Gasteiger partial charge on any atom is 0.179 e. The van der Waals surface area contributed by atoms with Crippen LogP contribution < -0.4 is 0 Å². The van der Waals surface area contributed by atoms with Crippen LogP contribution in [0.25, 0.3) is 0 Å². The van der Waals surface area contributed by atoms with Crippen LogP contribution in [-0.2, 0) is 0 Å². The second-order valence-corrected chi connectivity index (χ2v) is 9.95. The van der Waals surface area contributed by atoms with Gasteiger partial charge in [-0.1, -0.05) is 82.3 Å². The van der Waals surface area contributed by atoms with E-state index in [0.29, 0.717) is 11.1 Å². The summed E-state index contributed by atoms with van der Waals surface area (Å²) in [5.41, 5.74) is 1.39. The van der Waals surface area contributed by atoms with Crippen molar-refractivity contribution in [3.05, 3.63) is 71.8 Å². The summed E-state index contributed by atoms with van der Waals surface area (Å²) in [4.78, 5) is 25.4. The van der Waals surface area contributed by atoms with Gasteiger partial charge in [0.25, 0.3) is 0 Å². The van der Waals surface area contributed by atoms with E-state index in [9.17, 15) is 9.59 Å². The maximum atomic E-state index is 12.7. The lowest BCUT2D eigenvalue weighted by molar-refractivity contribution is 0.0950. The average molecular weight is 359 g/mol. The smallest absolute Gasteiger partial charge is 0.179 e. The van der Waals surface area contributed by atoms with Gasteiger partial charge in [-0.3, -0.25) is 9.59 Å². The molecule has 0 aliphatic carbocycles. The molecule has 24 heavy (non-hydrogen) atoms. The number of carbonyl (C=O) groups excluding carboxylic acids is 2. The van der Waals surface area contributed by atoms with Crippen molar-refractivity contribution in [1.29, 1.82) is 0 Å². The highest BCUT2D eigenvalue weighted by molar-refractivity contribution is 8.78. The molecule has 0 N–H and O–H groups in total. The molecule has 0 aliphatic rings. The van der Waals surface area contributed by atoms with Gasteiger partial charge in [0.1, 0.15) is 0 Å². The molecular formula is C20H22O2S2. The number of Topliss-reactive ketones (excluding diaryl/α,β-unsaturated/α-hetero) is 2. The second-order valence-electron chi connectivity index (χ2n) is 6.58. The van der Waals surface area contributed by atoms with Crippen LogP contribution in [-0.4, -0.2) is 21.1 Å². The van der Waals surface area contributed by atoms with Crippen molar-refractivity contribution in [2.45, 2.75) is 37.2 Å². The summed E-state index contributed by atoms with van der Waals surface area (Å²) in [6.45, 7) is 7.62. The highest BCUT2D eigenvalue weighted by atomic mass is 33.1. The minimum absolute atomic E-state index is 0.0727. The van der Waals surface area contributed by atoms with E-state index < -0.39 is 9.49 Å². The Balaban J connectivity index is 2.07. The largest absolute Gasteiger partial charge is 0.293 e. The lowest BCUT2D eigenvalue weighted by Crippen LogP contribution is -2.31. The predicted molar refractivity (Wildman–Crippen MR) is 105 cm³/mol. The van der Waals surface area contributed by atoms with E-state index in [0.717, 1.165) is 0 Å². The van der Waals surface area contributed by atoms with E-state index in [4.69, 9.17) is 0 Å². The minimum Gasteiger partial charge on any atom is -0.293 e. The Labute approximate surface area is 151 Å². The normalized spacial score (nSPS) is 12.0. The predicted octanol–water partition coefficient (Wildman–Crippen LogP) is 5.69. The van der Waals surface area contributed by atoms with Crippen molar-refractivity contribution in [3.63, 3.8) is 0 Å². The number of benzene rings is 2. The van der Waals surface area contributed by atoms with Crippen molar-refractivity contribution in [2.75, 3.05) is 0 Å². The molecule has 0 amide bonds. The summed E-state index contributed by atoms with van der Waals surface area (Å²) >= 11 is 0. The van der Waals surface area contributed by atoms with Crippen molar-refractivity contribution in [3.8, 4) is 0 Å². The molecule has 0 radical (unpaired) electrons. The first-order valence-electron chi connectivity index (χ1n) is 7.80. The molecule has 0 atom stereocenters. The molecule has 0 fully saturated rings. The minimum atomic E-state index is -0.611. The SMILES string of the molecule is CC(C)(SSC(C)(C)C(=O)c1ccccc1)C(=O)c1ccccc1. The van der Waals surface area contributed by atoms with Crippen LogP contribution in [0.5, 0.6) is 0 Å². The van der Waals surface area contributed by atoms with Gasteiger partial charge in [0.15, 0.2) is 11.6 Å². The molecule has 0 unspecified atom stereocenters. The quantitative estimate of drug-likeness (QED) is 0.470. The summed E-state index contributed by atoms with van der Waals surface area (Å²) in [5, 5.41) is 0. The summed E-state index contributed by atoms with van der Waals surface area (Å²) in [6.07, 6.45) is 0. The molecule has 4 heteroatoms. The van der Waals surface area contributed by atoms with Crippen LogP contribution in [0.15, 0.2) is 60.7 Å². The van der Waals surface area contributed by atoms with E-state index in [-0.39, 0.29) is 11.6 Å².